The van der Waals surface area contributed by atoms with Crippen molar-refractivity contribution in [1.82, 2.24) is 29.8 Å². The van der Waals surface area contributed by atoms with E-state index in [-0.39, 0.29) is 23.9 Å². The van der Waals surface area contributed by atoms with E-state index in [1.165, 1.54) is 22.9 Å². The van der Waals surface area contributed by atoms with Gasteiger partial charge in [-0.15, -0.1) is 5.10 Å². The fourth-order valence-electron chi connectivity index (χ4n) is 3.87. The Kier molecular flexibility index (Phi) is 5.81. The standard InChI is InChI=1S/C24H23FN6O3/c1-29-8-10-30(11-9-29)23(32)15-34-19-5-3-18(4-6-19)31-14-22(27-28-31)20-13-16-12-17(25)2-7-21(16)26-24(20)33/h2-7,12-14H,8-11,15H2,1H3,(H,26,33). The van der Waals surface area contributed by atoms with Gasteiger partial charge in [-0.1, -0.05) is 5.21 Å². The molecule has 1 aliphatic rings. The Balaban J connectivity index is 1.27. The topological polar surface area (TPSA) is 96.3 Å². The monoisotopic (exact) mass is 462 g/mol. The predicted molar refractivity (Wildman–Crippen MR) is 124 cm³/mol. The molecule has 5 rings (SSSR count). The second-order valence-corrected chi connectivity index (χ2v) is 8.26. The molecule has 0 saturated carbocycles. The third kappa shape index (κ3) is 4.53. The van der Waals surface area contributed by atoms with Gasteiger partial charge in [-0.05, 0) is 55.6 Å². The van der Waals surface area contributed by atoms with E-state index in [2.05, 4.69) is 20.2 Å². The summed E-state index contributed by atoms with van der Waals surface area (Å²) in [5.74, 6) is 0.153. The largest absolute Gasteiger partial charge is 0.484 e. The molecular weight excluding hydrogens is 439 g/mol. The maximum absolute atomic E-state index is 13.6. The Morgan fingerprint density at radius 3 is 2.62 bits per heavy atom. The maximum Gasteiger partial charge on any atom is 0.260 e. The fourth-order valence-corrected chi connectivity index (χ4v) is 3.87. The van der Waals surface area contributed by atoms with Crippen molar-refractivity contribution in [2.75, 3.05) is 39.8 Å². The van der Waals surface area contributed by atoms with Crippen molar-refractivity contribution in [3.63, 3.8) is 0 Å². The summed E-state index contributed by atoms with van der Waals surface area (Å²) >= 11 is 0. The van der Waals surface area contributed by atoms with Gasteiger partial charge in [-0.3, -0.25) is 9.59 Å². The van der Waals surface area contributed by atoms with E-state index in [9.17, 15) is 14.0 Å². The van der Waals surface area contributed by atoms with E-state index in [0.29, 0.717) is 46.7 Å². The normalized spacial score (nSPS) is 14.5. The smallest absolute Gasteiger partial charge is 0.260 e. The molecule has 4 aromatic rings. The zero-order chi connectivity index (χ0) is 23.7. The summed E-state index contributed by atoms with van der Waals surface area (Å²) in [5, 5.41) is 8.78. The zero-order valence-corrected chi connectivity index (χ0v) is 18.6. The average Bonchev–Trinajstić information content (AvgIpc) is 3.33. The van der Waals surface area contributed by atoms with Crippen molar-refractivity contribution in [3.05, 3.63) is 70.9 Å². The molecule has 2 aromatic heterocycles. The van der Waals surface area contributed by atoms with Gasteiger partial charge in [0.15, 0.2) is 6.61 Å². The van der Waals surface area contributed by atoms with Crippen molar-refractivity contribution in [3.8, 4) is 22.7 Å². The Morgan fingerprint density at radius 1 is 1.09 bits per heavy atom. The predicted octanol–water partition coefficient (Wildman–Crippen LogP) is 2.07. The van der Waals surface area contributed by atoms with E-state index in [0.717, 1.165) is 13.1 Å². The minimum Gasteiger partial charge on any atom is -0.484 e. The molecule has 34 heavy (non-hydrogen) atoms. The summed E-state index contributed by atoms with van der Waals surface area (Å²) in [6.45, 7) is 3.13. The lowest BCUT2D eigenvalue weighted by Crippen LogP contribution is -2.48. The van der Waals surface area contributed by atoms with Gasteiger partial charge < -0.3 is 19.5 Å². The van der Waals surface area contributed by atoms with Gasteiger partial charge in [0.2, 0.25) is 0 Å². The molecule has 1 amide bonds. The molecule has 9 nitrogen and oxygen atoms in total. The number of amides is 1. The lowest BCUT2D eigenvalue weighted by Gasteiger charge is -2.32. The Morgan fingerprint density at radius 2 is 1.85 bits per heavy atom. The molecule has 1 fully saturated rings. The third-order valence-corrected chi connectivity index (χ3v) is 5.90. The number of H-pyrrole nitrogens is 1. The number of hydrogen-bond acceptors (Lipinski definition) is 6. The summed E-state index contributed by atoms with van der Waals surface area (Å²) in [4.78, 5) is 31.6. The first kappa shape index (κ1) is 21.8. The van der Waals surface area contributed by atoms with Crippen LogP contribution in [0.4, 0.5) is 4.39 Å². The zero-order valence-electron chi connectivity index (χ0n) is 18.6. The molecule has 10 heteroatoms. The number of benzene rings is 2. The average molecular weight is 462 g/mol. The van der Waals surface area contributed by atoms with Crippen LogP contribution in [0.25, 0.3) is 27.8 Å². The SMILES string of the molecule is CN1CCN(C(=O)COc2ccc(-n3cc(-c4cc5cc(F)ccc5[nH]c4=O)nn3)cc2)CC1. The van der Waals surface area contributed by atoms with Crippen LogP contribution in [-0.4, -0.2) is 75.5 Å². The van der Waals surface area contributed by atoms with Gasteiger partial charge in [0, 0.05) is 37.1 Å². The minimum atomic E-state index is -0.387. The number of piperazine rings is 1. The van der Waals surface area contributed by atoms with Crippen LogP contribution in [0, 0.1) is 5.82 Å². The molecule has 1 N–H and O–H groups in total. The Hall–Kier alpha value is -4.05. The molecular formula is C24H23FN6O3. The number of pyridine rings is 1. The summed E-state index contributed by atoms with van der Waals surface area (Å²) in [5.41, 5.74) is 1.58. The third-order valence-electron chi connectivity index (χ3n) is 5.90. The maximum atomic E-state index is 13.6. The van der Waals surface area contributed by atoms with E-state index in [4.69, 9.17) is 4.74 Å². The lowest BCUT2D eigenvalue weighted by atomic mass is 10.1. The molecule has 2 aromatic carbocycles. The highest BCUT2D eigenvalue weighted by Crippen LogP contribution is 2.20. The molecule has 0 radical (unpaired) electrons. The molecule has 1 aliphatic heterocycles. The van der Waals surface area contributed by atoms with Gasteiger partial charge in [-0.2, -0.15) is 0 Å². The number of halogens is 1. The second kappa shape index (κ2) is 9.06. The highest BCUT2D eigenvalue weighted by Gasteiger charge is 2.19. The summed E-state index contributed by atoms with van der Waals surface area (Å²) in [6.07, 6.45) is 1.63. The fraction of sp³-hybridized carbons (Fsp3) is 0.250. The van der Waals surface area contributed by atoms with E-state index in [1.807, 2.05) is 11.9 Å². The number of likely N-dealkylation sites (N-methyl/N-ethyl adjacent to an activating group) is 1. The number of hydrogen-bond donors (Lipinski definition) is 1. The summed E-state index contributed by atoms with van der Waals surface area (Å²) in [6, 6.07) is 12.8. The van der Waals surface area contributed by atoms with Gasteiger partial charge in [0.25, 0.3) is 11.5 Å². The van der Waals surface area contributed by atoms with Crippen LogP contribution in [0.3, 0.4) is 0 Å². The van der Waals surface area contributed by atoms with Crippen LogP contribution in [0.1, 0.15) is 0 Å². The van der Waals surface area contributed by atoms with Crippen molar-refractivity contribution in [2.45, 2.75) is 0 Å². The first-order valence-corrected chi connectivity index (χ1v) is 10.9. The quantitative estimate of drug-likeness (QED) is 0.488. The Bertz CT molecular complexity index is 1390. The van der Waals surface area contributed by atoms with Crippen molar-refractivity contribution in [1.29, 1.82) is 0 Å². The van der Waals surface area contributed by atoms with Gasteiger partial charge in [0.1, 0.15) is 17.3 Å². The van der Waals surface area contributed by atoms with Crippen LogP contribution in [0.15, 0.2) is 59.5 Å². The summed E-state index contributed by atoms with van der Waals surface area (Å²) < 4.78 is 20.8. The number of aromatic nitrogens is 4. The molecule has 0 unspecified atom stereocenters. The lowest BCUT2D eigenvalue weighted by molar-refractivity contribution is -0.134. The van der Waals surface area contributed by atoms with Crippen molar-refractivity contribution in [2.24, 2.45) is 0 Å². The van der Waals surface area contributed by atoms with Gasteiger partial charge in [0.05, 0.1) is 17.4 Å². The van der Waals surface area contributed by atoms with E-state index >= 15 is 0 Å². The van der Waals surface area contributed by atoms with Crippen LogP contribution in [0.2, 0.25) is 0 Å². The number of carbonyl (C=O) groups excluding carboxylic acids is 1. The van der Waals surface area contributed by atoms with Crippen molar-refractivity contribution >= 4 is 16.8 Å². The molecule has 1 saturated heterocycles. The van der Waals surface area contributed by atoms with Crippen LogP contribution >= 0.6 is 0 Å². The number of ether oxygens (including phenoxy) is 1. The molecule has 0 spiro atoms. The molecule has 174 valence electrons. The Labute approximate surface area is 194 Å². The first-order chi connectivity index (χ1) is 16.5. The van der Waals surface area contributed by atoms with Crippen LogP contribution in [0.5, 0.6) is 5.75 Å². The highest BCUT2D eigenvalue weighted by molar-refractivity contribution is 5.82. The molecule has 0 bridgehead atoms. The molecule has 3 heterocycles. The minimum absolute atomic E-state index is 0.0120. The molecule has 0 aliphatic carbocycles. The second-order valence-electron chi connectivity index (χ2n) is 8.26. The van der Waals surface area contributed by atoms with E-state index < -0.39 is 0 Å². The summed E-state index contributed by atoms with van der Waals surface area (Å²) in [7, 11) is 2.04. The first-order valence-electron chi connectivity index (χ1n) is 10.9. The number of fused-ring (bicyclic) bond motifs is 1. The number of aromatic amines is 1. The van der Waals surface area contributed by atoms with Crippen LogP contribution in [-0.2, 0) is 4.79 Å². The van der Waals surface area contributed by atoms with Crippen molar-refractivity contribution < 1.29 is 13.9 Å². The number of rotatable bonds is 5. The number of carbonyl (C=O) groups is 1. The van der Waals surface area contributed by atoms with Gasteiger partial charge >= 0.3 is 0 Å². The number of nitrogens with zero attached hydrogens (tertiary/aromatic N) is 5. The highest BCUT2D eigenvalue weighted by atomic mass is 19.1. The van der Waals surface area contributed by atoms with E-state index in [1.54, 1.807) is 36.5 Å². The molecule has 0 atom stereocenters. The van der Waals surface area contributed by atoms with Crippen LogP contribution < -0.4 is 10.3 Å². The van der Waals surface area contributed by atoms with Gasteiger partial charge in [-0.25, -0.2) is 9.07 Å². The number of nitrogens with one attached hydrogen (secondary N) is 1.